The molecule has 0 fully saturated rings. The number of rotatable bonds is 4. The Morgan fingerprint density at radius 2 is 1.06 bits per heavy atom. The van der Waals surface area contributed by atoms with Gasteiger partial charge in [-0.1, -0.05) is 12.1 Å². The second-order valence-corrected chi connectivity index (χ2v) is 5.50. The summed E-state index contributed by atoms with van der Waals surface area (Å²) in [5, 5.41) is 16.2. The summed E-state index contributed by atoms with van der Waals surface area (Å²) >= 11 is 0. The monoisotopic (exact) mass is 318 g/mol. The van der Waals surface area contributed by atoms with Gasteiger partial charge >= 0.3 is 79.4 Å². The quantitative estimate of drug-likeness (QED) is 0.400. The third kappa shape index (κ3) is 4.81. The van der Waals surface area contributed by atoms with Crippen LogP contribution in [0.15, 0.2) is 34.1 Å². The van der Waals surface area contributed by atoms with E-state index < -0.39 is 30.0 Å². The van der Waals surface area contributed by atoms with Crippen LogP contribution in [0.2, 0.25) is 0 Å². The van der Waals surface area contributed by atoms with Crippen molar-refractivity contribution < 1.29 is 36.0 Å². The Bertz CT molecular complexity index is 528. The van der Waals surface area contributed by atoms with Crippen LogP contribution in [0.3, 0.4) is 0 Å². The van der Waals surface area contributed by atoms with Crippen molar-refractivity contribution in [2.24, 2.45) is 0 Å². The summed E-state index contributed by atoms with van der Waals surface area (Å²) in [7, 11) is -9.27. The summed E-state index contributed by atoms with van der Waals surface area (Å²) in [5.41, 5.74) is 0. The number of benzene rings is 1. The fourth-order valence-corrected chi connectivity index (χ4v) is 2.84. The van der Waals surface area contributed by atoms with Crippen LogP contribution in [0.5, 0.6) is 0 Å². The van der Waals surface area contributed by atoms with Gasteiger partial charge in [0.15, 0.2) is 0 Å². The van der Waals surface area contributed by atoms with Crippen LogP contribution < -0.4 is 0 Å². The van der Waals surface area contributed by atoms with Gasteiger partial charge in [0.1, 0.15) is 9.79 Å². The standard InChI is InChI=1S/C6H6O8S2.2Na.2H/c7-13-15(9,10)5-3-1-2-4-6(5)16(11,12)14-8;;;;/h1-4,7-8H;;;;. The second-order valence-electron chi connectivity index (χ2n) is 2.50. The first-order chi connectivity index (χ1) is 7.35. The predicted molar refractivity (Wildman–Crippen MR) is 62.5 cm³/mol. The number of hydrogen-bond donors (Lipinski definition) is 2. The van der Waals surface area contributed by atoms with Crippen molar-refractivity contribution in [1.29, 1.82) is 0 Å². The average Bonchev–Trinajstić information content (AvgIpc) is 2.29. The van der Waals surface area contributed by atoms with E-state index in [1.807, 2.05) is 0 Å². The minimum atomic E-state index is -4.64. The van der Waals surface area contributed by atoms with Crippen molar-refractivity contribution in [3.8, 4) is 0 Å². The van der Waals surface area contributed by atoms with Crippen LogP contribution in [0.1, 0.15) is 0 Å². The van der Waals surface area contributed by atoms with Gasteiger partial charge in [-0.05, 0) is 12.1 Å². The summed E-state index contributed by atoms with van der Waals surface area (Å²) in [6.07, 6.45) is 0. The van der Waals surface area contributed by atoms with E-state index in [1.165, 1.54) is 12.1 Å². The third-order valence-corrected chi connectivity index (χ3v) is 3.90. The van der Waals surface area contributed by atoms with E-state index in [-0.39, 0.29) is 59.1 Å². The molecule has 8 nitrogen and oxygen atoms in total. The molecule has 0 unspecified atom stereocenters. The van der Waals surface area contributed by atoms with Gasteiger partial charge in [0.25, 0.3) is 0 Å². The molecule has 0 amide bonds. The second kappa shape index (κ2) is 8.29. The maximum atomic E-state index is 11.1. The summed E-state index contributed by atoms with van der Waals surface area (Å²) < 4.78 is 50.8. The number of hydrogen-bond acceptors (Lipinski definition) is 8. The Morgan fingerprint density at radius 1 is 0.778 bits per heavy atom. The van der Waals surface area contributed by atoms with Crippen molar-refractivity contribution in [2.75, 3.05) is 0 Å². The molecule has 0 saturated heterocycles. The van der Waals surface area contributed by atoms with Crippen molar-refractivity contribution in [3.63, 3.8) is 0 Å². The van der Waals surface area contributed by atoms with Crippen LogP contribution in [0.4, 0.5) is 0 Å². The molecule has 0 bridgehead atoms. The average molecular weight is 318 g/mol. The summed E-state index contributed by atoms with van der Waals surface area (Å²) in [4.78, 5) is -1.71. The Balaban J connectivity index is 0. The van der Waals surface area contributed by atoms with Gasteiger partial charge in [0.05, 0.1) is 0 Å². The molecule has 0 aliphatic heterocycles. The van der Waals surface area contributed by atoms with Gasteiger partial charge in [0.2, 0.25) is 0 Å². The van der Waals surface area contributed by atoms with Gasteiger partial charge in [-0.15, -0.1) is 8.67 Å². The molecule has 1 rings (SSSR count). The third-order valence-electron chi connectivity index (χ3n) is 1.58. The van der Waals surface area contributed by atoms with Gasteiger partial charge < -0.3 is 0 Å². The van der Waals surface area contributed by atoms with Gasteiger partial charge in [-0.2, -0.15) is 16.8 Å². The zero-order valence-electron chi connectivity index (χ0n) is 7.47. The van der Waals surface area contributed by atoms with Crippen molar-refractivity contribution in [1.82, 2.24) is 0 Å². The molecule has 12 heteroatoms. The van der Waals surface area contributed by atoms with Crippen LogP contribution in [0.25, 0.3) is 0 Å². The summed E-state index contributed by atoms with van der Waals surface area (Å²) in [6.45, 7) is 0. The van der Waals surface area contributed by atoms with Crippen molar-refractivity contribution in [2.45, 2.75) is 9.79 Å². The zero-order valence-corrected chi connectivity index (χ0v) is 9.10. The fraction of sp³-hybridized carbons (Fsp3) is 0. The Morgan fingerprint density at radius 3 is 1.28 bits per heavy atom. The maximum absolute atomic E-state index is 11.1. The van der Waals surface area contributed by atoms with E-state index in [2.05, 4.69) is 8.67 Å². The molecule has 0 heterocycles. The molecule has 0 atom stereocenters. The molecule has 0 radical (unpaired) electrons. The van der Waals surface area contributed by atoms with E-state index in [0.717, 1.165) is 12.1 Å². The minimum absolute atomic E-state index is 0. The summed E-state index contributed by atoms with van der Waals surface area (Å²) in [6, 6.07) is 4.11. The molecule has 0 spiro atoms. The Kier molecular flexibility index (Phi) is 9.79. The molecular weight excluding hydrogens is 310 g/mol. The molecule has 0 aromatic heterocycles. The van der Waals surface area contributed by atoms with Crippen molar-refractivity contribution >= 4 is 79.4 Å². The van der Waals surface area contributed by atoms with E-state index in [0.29, 0.717) is 0 Å². The van der Waals surface area contributed by atoms with Gasteiger partial charge in [-0.25, -0.2) is 10.5 Å². The Labute approximate surface area is 148 Å². The molecule has 0 saturated carbocycles. The molecule has 2 N–H and O–H groups in total. The molecule has 1 aromatic carbocycles. The molecule has 1 aromatic rings. The van der Waals surface area contributed by atoms with Crippen molar-refractivity contribution in [3.05, 3.63) is 24.3 Å². The normalized spacial score (nSPS) is 11.2. The zero-order chi connectivity index (χ0) is 12.4. The fourth-order valence-electron chi connectivity index (χ4n) is 0.944. The molecule has 94 valence electrons. The topological polar surface area (TPSA) is 127 Å². The van der Waals surface area contributed by atoms with E-state index in [9.17, 15) is 16.8 Å². The Hall–Kier alpha value is 0.960. The van der Waals surface area contributed by atoms with E-state index in [4.69, 9.17) is 10.5 Å². The van der Waals surface area contributed by atoms with Crippen LogP contribution in [-0.2, 0) is 28.9 Å². The molecular formula is C6H8Na2O8S2. The van der Waals surface area contributed by atoms with Crippen LogP contribution in [-0.4, -0.2) is 86.5 Å². The van der Waals surface area contributed by atoms with Gasteiger partial charge in [-0.3, -0.25) is 0 Å². The van der Waals surface area contributed by atoms with Crippen LogP contribution in [0, 0.1) is 0 Å². The first-order valence-electron chi connectivity index (χ1n) is 3.60. The van der Waals surface area contributed by atoms with Crippen LogP contribution >= 0.6 is 0 Å². The molecule has 18 heavy (non-hydrogen) atoms. The molecule has 0 aliphatic carbocycles. The first-order valence-corrected chi connectivity index (χ1v) is 6.42. The summed E-state index contributed by atoms with van der Waals surface area (Å²) in [5.74, 6) is 0. The SMILES string of the molecule is O=S(=O)(OO)c1ccccc1S(=O)(=O)OO.[NaH].[NaH]. The first kappa shape index (κ1) is 21.3. The van der Waals surface area contributed by atoms with Gasteiger partial charge in [0, 0.05) is 0 Å². The van der Waals surface area contributed by atoms with E-state index in [1.54, 1.807) is 0 Å². The predicted octanol–water partition coefficient (Wildman–Crippen LogP) is -1.25. The molecule has 0 aliphatic rings. The van der Waals surface area contributed by atoms with E-state index >= 15 is 0 Å².